The van der Waals surface area contributed by atoms with Crippen LogP contribution in [0.15, 0.2) is 36.4 Å². The molecule has 3 aromatic rings. The molecular weight excluding hydrogens is 305 g/mol. The Balaban J connectivity index is 2.26. The van der Waals surface area contributed by atoms with E-state index in [2.05, 4.69) is 9.97 Å². The first-order valence-corrected chi connectivity index (χ1v) is 6.39. The highest BCUT2D eigenvalue weighted by atomic mass is 35.5. The van der Waals surface area contributed by atoms with Gasteiger partial charge in [0.05, 0.1) is 5.02 Å². The summed E-state index contributed by atoms with van der Waals surface area (Å²) in [6.07, 6.45) is 0. The second-order valence-electron chi connectivity index (χ2n) is 4.10. The third-order valence-corrected chi connectivity index (χ3v) is 3.40. The molecule has 0 saturated carbocycles. The van der Waals surface area contributed by atoms with Crippen LogP contribution >= 0.6 is 23.2 Å². The van der Waals surface area contributed by atoms with E-state index in [1.807, 2.05) is 0 Å². The van der Waals surface area contributed by atoms with Gasteiger partial charge in [-0.2, -0.15) is 0 Å². The summed E-state index contributed by atoms with van der Waals surface area (Å²) in [5, 5.41) is 0.511. The van der Waals surface area contributed by atoms with E-state index in [0.29, 0.717) is 10.9 Å². The molecule has 100 valence electrons. The Labute approximate surface area is 123 Å². The monoisotopic (exact) mass is 310 g/mol. The minimum absolute atomic E-state index is 0.00758. The SMILES string of the molecule is Fc1cc(-c2nc(Cl)c3cccc(F)c3n2)ccc1Cl. The zero-order valence-electron chi connectivity index (χ0n) is 9.87. The van der Waals surface area contributed by atoms with Crippen LogP contribution in [-0.2, 0) is 0 Å². The van der Waals surface area contributed by atoms with E-state index < -0.39 is 11.6 Å². The molecule has 2 aromatic carbocycles. The molecule has 0 aliphatic rings. The smallest absolute Gasteiger partial charge is 0.161 e. The lowest BCUT2D eigenvalue weighted by Gasteiger charge is -2.06. The van der Waals surface area contributed by atoms with Crippen LogP contribution in [-0.4, -0.2) is 9.97 Å². The predicted octanol–water partition coefficient (Wildman–Crippen LogP) is 4.88. The summed E-state index contributed by atoms with van der Waals surface area (Å²) in [7, 11) is 0. The summed E-state index contributed by atoms with van der Waals surface area (Å²) in [6.45, 7) is 0. The van der Waals surface area contributed by atoms with Crippen LogP contribution in [0.4, 0.5) is 8.78 Å². The second-order valence-corrected chi connectivity index (χ2v) is 4.87. The predicted molar refractivity (Wildman–Crippen MR) is 74.9 cm³/mol. The molecule has 0 bridgehead atoms. The third-order valence-electron chi connectivity index (χ3n) is 2.81. The number of hydrogen-bond acceptors (Lipinski definition) is 2. The molecule has 0 aliphatic heterocycles. The lowest BCUT2D eigenvalue weighted by Crippen LogP contribution is -1.94. The van der Waals surface area contributed by atoms with Crippen LogP contribution < -0.4 is 0 Å². The van der Waals surface area contributed by atoms with Crippen molar-refractivity contribution in [1.29, 1.82) is 0 Å². The molecule has 0 N–H and O–H groups in total. The Morgan fingerprint density at radius 1 is 0.900 bits per heavy atom. The zero-order chi connectivity index (χ0) is 14.3. The summed E-state index contributed by atoms with van der Waals surface area (Å²) in [5.74, 6) is -0.969. The third kappa shape index (κ3) is 2.21. The molecule has 0 radical (unpaired) electrons. The summed E-state index contributed by atoms with van der Waals surface area (Å²) in [4.78, 5) is 8.16. The van der Waals surface area contributed by atoms with Gasteiger partial charge in [0.25, 0.3) is 0 Å². The zero-order valence-corrected chi connectivity index (χ0v) is 11.4. The van der Waals surface area contributed by atoms with Crippen molar-refractivity contribution in [2.75, 3.05) is 0 Å². The Hall–Kier alpha value is -1.78. The minimum atomic E-state index is -0.600. The number of hydrogen-bond donors (Lipinski definition) is 0. The summed E-state index contributed by atoms with van der Waals surface area (Å²) < 4.78 is 27.2. The van der Waals surface area contributed by atoms with Gasteiger partial charge in [-0.25, -0.2) is 18.7 Å². The maximum atomic E-state index is 13.8. The second kappa shape index (κ2) is 4.96. The number of halogens is 4. The number of nitrogens with zero attached hydrogens (tertiary/aromatic N) is 2. The van der Waals surface area contributed by atoms with Gasteiger partial charge in [-0.1, -0.05) is 29.3 Å². The van der Waals surface area contributed by atoms with Crippen molar-refractivity contribution < 1.29 is 8.78 Å². The van der Waals surface area contributed by atoms with Crippen molar-refractivity contribution in [3.05, 3.63) is 58.2 Å². The van der Waals surface area contributed by atoms with Gasteiger partial charge in [-0.3, -0.25) is 0 Å². The Kier molecular flexibility index (Phi) is 3.28. The first-order chi connectivity index (χ1) is 9.56. The fraction of sp³-hybridized carbons (Fsp3) is 0. The maximum absolute atomic E-state index is 13.8. The highest BCUT2D eigenvalue weighted by molar-refractivity contribution is 6.34. The van der Waals surface area contributed by atoms with Crippen LogP contribution in [0.1, 0.15) is 0 Å². The number of rotatable bonds is 1. The molecule has 0 spiro atoms. The fourth-order valence-corrected chi connectivity index (χ4v) is 2.19. The van der Waals surface area contributed by atoms with Gasteiger partial charge < -0.3 is 0 Å². The van der Waals surface area contributed by atoms with Crippen molar-refractivity contribution in [3.8, 4) is 11.4 Å². The first-order valence-electron chi connectivity index (χ1n) is 5.63. The standard InChI is InChI=1S/C14H6Cl2F2N2/c15-9-5-4-7(6-11(9)18)14-19-12-8(13(16)20-14)2-1-3-10(12)17/h1-6H. The first kappa shape index (κ1) is 13.2. The van der Waals surface area contributed by atoms with E-state index in [1.54, 1.807) is 12.1 Å². The van der Waals surface area contributed by atoms with E-state index in [4.69, 9.17) is 23.2 Å². The topological polar surface area (TPSA) is 25.8 Å². The van der Waals surface area contributed by atoms with Gasteiger partial charge in [0.1, 0.15) is 22.3 Å². The van der Waals surface area contributed by atoms with Crippen LogP contribution in [0.2, 0.25) is 10.2 Å². The number of benzene rings is 2. The maximum Gasteiger partial charge on any atom is 0.161 e. The van der Waals surface area contributed by atoms with E-state index in [-0.39, 0.29) is 21.5 Å². The van der Waals surface area contributed by atoms with E-state index >= 15 is 0 Å². The molecule has 2 nitrogen and oxygen atoms in total. The van der Waals surface area contributed by atoms with E-state index in [0.717, 1.165) is 0 Å². The fourth-order valence-electron chi connectivity index (χ4n) is 1.84. The van der Waals surface area contributed by atoms with Gasteiger partial charge >= 0.3 is 0 Å². The number of aromatic nitrogens is 2. The Morgan fingerprint density at radius 2 is 1.70 bits per heavy atom. The minimum Gasteiger partial charge on any atom is -0.225 e. The van der Waals surface area contributed by atoms with Gasteiger partial charge in [0.15, 0.2) is 5.82 Å². The van der Waals surface area contributed by atoms with Gasteiger partial charge in [0, 0.05) is 10.9 Å². The average molecular weight is 311 g/mol. The van der Waals surface area contributed by atoms with Crippen LogP contribution in [0.25, 0.3) is 22.3 Å². The molecule has 6 heteroatoms. The molecule has 1 heterocycles. The molecule has 0 atom stereocenters. The molecule has 3 rings (SSSR count). The van der Waals surface area contributed by atoms with Crippen LogP contribution in [0.3, 0.4) is 0 Å². The Bertz CT molecular complexity index is 822. The average Bonchev–Trinajstić information content (AvgIpc) is 2.43. The Morgan fingerprint density at radius 3 is 2.45 bits per heavy atom. The normalized spacial score (nSPS) is 11.0. The summed E-state index contributed by atoms with van der Waals surface area (Å²) in [6, 6.07) is 8.53. The quantitative estimate of drug-likeness (QED) is 0.598. The molecular formula is C14H6Cl2F2N2. The highest BCUT2D eigenvalue weighted by Gasteiger charge is 2.12. The lowest BCUT2D eigenvalue weighted by molar-refractivity contribution is 0.628. The molecule has 0 amide bonds. The molecule has 0 fully saturated rings. The summed E-state index contributed by atoms with van der Waals surface area (Å²) in [5.41, 5.74) is 0.469. The van der Waals surface area contributed by atoms with Gasteiger partial charge in [0.2, 0.25) is 0 Å². The molecule has 1 aromatic heterocycles. The molecule has 0 saturated heterocycles. The molecule has 0 unspecified atom stereocenters. The van der Waals surface area contributed by atoms with Crippen molar-refractivity contribution in [2.24, 2.45) is 0 Å². The number of fused-ring (bicyclic) bond motifs is 1. The van der Waals surface area contributed by atoms with Crippen molar-refractivity contribution in [3.63, 3.8) is 0 Å². The molecule has 0 aliphatic carbocycles. The van der Waals surface area contributed by atoms with Crippen LogP contribution in [0.5, 0.6) is 0 Å². The van der Waals surface area contributed by atoms with Crippen LogP contribution in [0, 0.1) is 11.6 Å². The van der Waals surface area contributed by atoms with Crippen molar-refractivity contribution >= 4 is 34.1 Å². The number of para-hydroxylation sites is 1. The van der Waals surface area contributed by atoms with Gasteiger partial charge in [-0.05, 0) is 30.3 Å². The van der Waals surface area contributed by atoms with E-state index in [1.165, 1.54) is 24.3 Å². The summed E-state index contributed by atoms with van der Waals surface area (Å²) >= 11 is 11.6. The largest absolute Gasteiger partial charge is 0.225 e. The lowest BCUT2D eigenvalue weighted by atomic mass is 10.2. The van der Waals surface area contributed by atoms with Crippen molar-refractivity contribution in [1.82, 2.24) is 9.97 Å². The van der Waals surface area contributed by atoms with Crippen molar-refractivity contribution in [2.45, 2.75) is 0 Å². The molecule has 20 heavy (non-hydrogen) atoms. The highest BCUT2D eigenvalue weighted by Crippen LogP contribution is 2.27. The van der Waals surface area contributed by atoms with Gasteiger partial charge in [-0.15, -0.1) is 0 Å². The van der Waals surface area contributed by atoms with E-state index in [9.17, 15) is 8.78 Å².